The second kappa shape index (κ2) is 16.4. The second-order valence-electron chi connectivity index (χ2n) is 10.3. The highest BCUT2D eigenvalue weighted by Crippen LogP contribution is 2.18. The standard InChI is InChI=1S/C30H43BrN4O4/c1-5-12-35(13-6-2)29(37)23-16-22(28(33)36)17-24(18-23)30(38)39-27(19-34-11-10-20(3)4)26(32)15-21-8-7-9-25(31)14-21/h7-9,14,16-18,20,26-27,34H,5-6,10-13,15,19,32H2,1-4H3,(H2,33,36)/t26-,27+/m0/s1. The van der Waals surface area contributed by atoms with Crippen molar-refractivity contribution >= 4 is 33.7 Å². The summed E-state index contributed by atoms with van der Waals surface area (Å²) in [6.07, 6.45) is 2.41. The largest absolute Gasteiger partial charge is 0.456 e. The average Bonchev–Trinajstić information content (AvgIpc) is 2.89. The molecule has 0 saturated carbocycles. The molecule has 0 radical (unpaired) electrons. The summed E-state index contributed by atoms with van der Waals surface area (Å²) >= 11 is 3.48. The van der Waals surface area contributed by atoms with Gasteiger partial charge in [-0.3, -0.25) is 9.59 Å². The molecule has 2 atom stereocenters. The minimum atomic E-state index is -0.727. The van der Waals surface area contributed by atoms with Crippen molar-refractivity contribution in [2.45, 2.75) is 65.5 Å². The molecule has 0 bridgehead atoms. The Balaban J connectivity index is 2.32. The zero-order valence-electron chi connectivity index (χ0n) is 23.5. The van der Waals surface area contributed by atoms with Gasteiger partial charge in [-0.25, -0.2) is 4.79 Å². The monoisotopic (exact) mass is 602 g/mol. The predicted octanol–water partition coefficient (Wildman–Crippen LogP) is 4.54. The van der Waals surface area contributed by atoms with E-state index in [1.54, 1.807) is 4.90 Å². The number of hydrogen-bond donors (Lipinski definition) is 3. The molecular formula is C30H43BrN4O4. The fourth-order valence-corrected chi connectivity index (χ4v) is 4.68. The number of nitrogens with zero attached hydrogens (tertiary/aromatic N) is 1. The van der Waals surface area contributed by atoms with Gasteiger partial charge in [-0.15, -0.1) is 0 Å². The Kier molecular flexibility index (Phi) is 13.6. The van der Waals surface area contributed by atoms with Crippen LogP contribution in [-0.2, 0) is 11.2 Å². The number of nitrogens with two attached hydrogens (primary N) is 2. The molecule has 9 heteroatoms. The number of nitrogens with one attached hydrogen (secondary N) is 1. The highest BCUT2D eigenvalue weighted by Gasteiger charge is 2.25. The Morgan fingerprint density at radius 1 is 1.00 bits per heavy atom. The van der Waals surface area contributed by atoms with Crippen molar-refractivity contribution in [3.63, 3.8) is 0 Å². The van der Waals surface area contributed by atoms with Crippen LogP contribution in [0.2, 0.25) is 0 Å². The lowest BCUT2D eigenvalue weighted by Gasteiger charge is -2.25. The van der Waals surface area contributed by atoms with Crippen LogP contribution in [0.3, 0.4) is 0 Å². The van der Waals surface area contributed by atoms with Gasteiger partial charge in [0.25, 0.3) is 5.91 Å². The van der Waals surface area contributed by atoms with Gasteiger partial charge in [0, 0.05) is 41.3 Å². The first-order chi connectivity index (χ1) is 18.5. The van der Waals surface area contributed by atoms with Crippen LogP contribution in [0, 0.1) is 5.92 Å². The zero-order chi connectivity index (χ0) is 28.9. The lowest BCUT2D eigenvalue weighted by atomic mass is 10.0. The minimum Gasteiger partial charge on any atom is -0.456 e. The van der Waals surface area contributed by atoms with E-state index in [0.717, 1.165) is 35.8 Å². The molecule has 2 rings (SSSR count). The highest BCUT2D eigenvalue weighted by molar-refractivity contribution is 9.10. The van der Waals surface area contributed by atoms with Gasteiger partial charge >= 0.3 is 5.97 Å². The summed E-state index contributed by atoms with van der Waals surface area (Å²) in [7, 11) is 0. The molecule has 2 aromatic rings. The summed E-state index contributed by atoms with van der Waals surface area (Å²) in [5.41, 5.74) is 13.5. The van der Waals surface area contributed by atoms with E-state index in [4.69, 9.17) is 16.2 Å². The molecule has 0 aliphatic heterocycles. The Bertz CT molecular complexity index is 1100. The van der Waals surface area contributed by atoms with E-state index in [-0.39, 0.29) is 22.6 Å². The third kappa shape index (κ3) is 10.7. The molecule has 0 heterocycles. The summed E-state index contributed by atoms with van der Waals surface area (Å²) in [5.74, 6) is -1.12. The number of ether oxygens (including phenoxy) is 1. The van der Waals surface area contributed by atoms with Gasteiger partial charge in [0.1, 0.15) is 6.10 Å². The molecule has 0 spiro atoms. The molecule has 0 saturated heterocycles. The maximum Gasteiger partial charge on any atom is 0.338 e. The molecule has 0 aliphatic rings. The second-order valence-corrected chi connectivity index (χ2v) is 11.2. The van der Waals surface area contributed by atoms with Crippen LogP contribution in [0.5, 0.6) is 0 Å². The van der Waals surface area contributed by atoms with Crippen molar-refractivity contribution in [2.75, 3.05) is 26.2 Å². The van der Waals surface area contributed by atoms with E-state index < -0.39 is 24.0 Å². The molecule has 8 nitrogen and oxygen atoms in total. The van der Waals surface area contributed by atoms with Crippen LogP contribution in [0.25, 0.3) is 0 Å². The van der Waals surface area contributed by atoms with Crippen molar-refractivity contribution in [1.29, 1.82) is 0 Å². The molecule has 0 fully saturated rings. The first-order valence-electron chi connectivity index (χ1n) is 13.7. The van der Waals surface area contributed by atoms with E-state index >= 15 is 0 Å². The van der Waals surface area contributed by atoms with Gasteiger partial charge in [0.2, 0.25) is 5.91 Å². The quantitative estimate of drug-likeness (QED) is 0.191. The van der Waals surface area contributed by atoms with Gasteiger partial charge in [-0.05, 0) is 74.0 Å². The number of halogens is 1. The van der Waals surface area contributed by atoms with E-state index in [0.29, 0.717) is 32.0 Å². The SMILES string of the molecule is CCCN(CCC)C(=O)c1cc(C(N)=O)cc(C(=O)O[C@H](CNCCC(C)C)[C@@H](N)Cc2cccc(Br)c2)c1. The summed E-state index contributed by atoms with van der Waals surface area (Å²) in [6.45, 7) is 10.5. The maximum absolute atomic E-state index is 13.4. The Morgan fingerprint density at radius 2 is 1.64 bits per heavy atom. The number of benzene rings is 2. The molecule has 0 unspecified atom stereocenters. The van der Waals surface area contributed by atoms with Crippen molar-refractivity contribution < 1.29 is 19.1 Å². The molecule has 5 N–H and O–H groups in total. The van der Waals surface area contributed by atoms with Crippen LogP contribution >= 0.6 is 15.9 Å². The van der Waals surface area contributed by atoms with Crippen LogP contribution in [0.1, 0.15) is 83.6 Å². The van der Waals surface area contributed by atoms with Crippen LogP contribution in [0.15, 0.2) is 46.9 Å². The van der Waals surface area contributed by atoms with Gasteiger partial charge in [0.15, 0.2) is 0 Å². The van der Waals surface area contributed by atoms with Gasteiger partial charge in [-0.1, -0.05) is 55.8 Å². The minimum absolute atomic E-state index is 0.0748. The molecule has 0 aliphatic carbocycles. The Morgan fingerprint density at radius 3 is 2.23 bits per heavy atom. The van der Waals surface area contributed by atoms with Crippen LogP contribution < -0.4 is 16.8 Å². The number of hydrogen-bond acceptors (Lipinski definition) is 6. The van der Waals surface area contributed by atoms with Gasteiger partial charge < -0.3 is 26.4 Å². The number of rotatable bonds is 16. The molecule has 2 amide bonds. The number of carbonyl (C=O) groups excluding carboxylic acids is 3. The topological polar surface area (TPSA) is 128 Å². The highest BCUT2D eigenvalue weighted by atomic mass is 79.9. The molecule has 0 aromatic heterocycles. The van der Waals surface area contributed by atoms with Crippen LogP contribution in [-0.4, -0.2) is 61.0 Å². The van der Waals surface area contributed by atoms with E-state index in [2.05, 4.69) is 35.1 Å². The normalized spacial score (nSPS) is 12.7. The van der Waals surface area contributed by atoms with Gasteiger partial charge in [-0.2, -0.15) is 0 Å². The number of carbonyl (C=O) groups is 3. The molecule has 39 heavy (non-hydrogen) atoms. The van der Waals surface area contributed by atoms with E-state index in [1.807, 2.05) is 38.1 Å². The fourth-order valence-electron chi connectivity index (χ4n) is 4.24. The smallest absolute Gasteiger partial charge is 0.338 e. The van der Waals surface area contributed by atoms with Gasteiger partial charge in [0.05, 0.1) is 5.56 Å². The van der Waals surface area contributed by atoms with Crippen molar-refractivity contribution in [2.24, 2.45) is 17.4 Å². The number of amides is 2. The van der Waals surface area contributed by atoms with Crippen molar-refractivity contribution in [1.82, 2.24) is 10.2 Å². The van der Waals surface area contributed by atoms with E-state index in [9.17, 15) is 14.4 Å². The number of primary amides is 1. The third-order valence-electron chi connectivity index (χ3n) is 6.31. The Labute approximate surface area is 241 Å². The summed E-state index contributed by atoms with van der Waals surface area (Å²) in [5, 5.41) is 3.35. The summed E-state index contributed by atoms with van der Waals surface area (Å²) < 4.78 is 6.86. The number of esters is 1. The first kappa shape index (κ1) is 32.5. The van der Waals surface area contributed by atoms with E-state index in [1.165, 1.54) is 18.2 Å². The van der Waals surface area contributed by atoms with Crippen molar-refractivity contribution in [3.8, 4) is 0 Å². The fraction of sp³-hybridized carbons (Fsp3) is 0.500. The third-order valence-corrected chi connectivity index (χ3v) is 6.81. The lowest BCUT2D eigenvalue weighted by Crippen LogP contribution is -2.46. The average molecular weight is 604 g/mol. The molecule has 214 valence electrons. The maximum atomic E-state index is 13.4. The molecule has 2 aromatic carbocycles. The van der Waals surface area contributed by atoms with Crippen molar-refractivity contribution in [3.05, 3.63) is 69.2 Å². The summed E-state index contributed by atoms with van der Waals surface area (Å²) in [4.78, 5) is 40.4. The van der Waals surface area contributed by atoms with Crippen LogP contribution in [0.4, 0.5) is 0 Å². The Hall–Kier alpha value is -2.75. The predicted molar refractivity (Wildman–Crippen MR) is 159 cm³/mol. The molecular weight excluding hydrogens is 560 g/mol. The first-order valence-corrected chi connectivity index (χ1v) is 14.5. The summed E-state index contributed by atoms with van der Waals surface area (Å²) in [6, 6.07) is 11.6. The lowest BCUT2D eigenvalue weighted by molar-refractivity contribution is 0.0238. The zero-order valence-corrected chi connectivity index (χ0v) is 25.1.